The molecule has 4 bridgehead atoms. The largest absolute Gasteiger partial charge is 0.431 e. The van der Waals surface area contributed by atoms with Crippen LogP contribution in [0.25, 0.3) is 0 Å². The first-order chi connectivity index (χ1) is 22.0. The first-order valence-electron chi connectivity index (χ1n) is 16.7. The molecule has 5 saturated carbocycles. The molecule has 0 spiro atoms. The lowest BCUT2D eigenvalue weighted by atomic mass is 9.42. The fourth-order valence-corrected chi connectivity index (χ4v) is 11.4. The normalized spacial score (nSPS) is 32.3. The standard InChI is InChI=1S/C33H43N7O5S/c1-32-17-22-16-23(19-33(18-22,21-32)30(34)41)29(32)36-31(42)45-40-15-14-39(26-4-2-3-5-27(26)40)28-9-6-24(20-35-28)37-10-12-38(13-11-37)46(43,44)25-7-8-25/h2-6,9,20,22-23,25,29H,7-8,10-19,21H2,1H3,(H2,34,41)(H,36,42)/t22?,23-,29?,32+,33?/m1/s1. The van der Waals surface area contributed by atoms with E-state index >= 15 is 0 Å². The average molecular weight is 650 g/mol. The highest BCUT2D eigenvalue weighted by molar-refractivity contribution is 7.90. The first kappa shape index (κ1) is 29.8. The molecule has 13 heteroatoms. The molecule has 246 valence electrons. The van der Waals surface area contributed by atoms with Crippen LogP contribution in [0, 0.1) is 22.7 Å². The summed E-state index contributed by atoms with van der Waals surface area (Å²) in [4.78, 5) is 40.9. The van der Waals surface area contributed by atoms with Gasteiger partial charge in [0.2, 0.25) is 15.9 Å². The highest BCUT2D eigenvalue weighted by Crippen LogP contribution is 2.65. The first-order valence-corrected chi connectivity index (χ1v) is 18.2. The van der Waals surface area contributed by atoms with Crippen LogP contribution in [0.15, 0.2) is 42.6 Å². The number of amides is 2. The monoisotopic (exact) mass is 649 g/mol. The molecule has 1 saturated heterocycles. The van der Waals surface area contributed by atoms with Gasteiger partial charge in [0.25, 0.3) is 0 Å². The second-order valence-corrected chi connectivity index (χ2v) is 16.9. The molecule has 1 aromatic carbocycles. The van der Waals surface area contributed by atoms with Crippen molar-refractivity contribution < 1.29 is 22.8 Å². The van der Waals surface area contributed by atoms with Crippen molar-refractivity contribution >= 4 is 44.9 Å². The third-order valence-electron chi connectivity index (χ3n) is 11.6. The maximum absolute atomic E-state index is 13.4. The molecule has 0 radical (unpaired) electrons. The van der Waals surface area contributed by atoms with Gasteiger partial charge in [0.1, 0.15) is 5.82 Å². The molecule has 46 heavy (non-hydrogen) atoms. The number of benzene rings is 1. The van der Waals surface area contributed by atoms with Crippen molar-refractivity contribution in [1.82, 2.24) is 14.6 Å². The summed E-state index contributed by atoms with van der Waals surface area (Å²) in [6.45, 7) is 5.50. The van der Waals surface area contributed by atoms with Gasteiger partial charge >= 0.3 is 6.09 Å². The van der Waals surface area contributed by atoms with Crippen molar-refractivity contribution in [3.63, 3.8) is 0 Å². The van der Waals surface area contributed by atoms with Gasteiger partial charge in [0.05, 0.1) is 40.5 Å². The molecule has 3 heterocycles. The number of nitrogens with two attached hydrogens (primary N) is 1. The number of para-hydroxylation sites is 2. The number of nitrogens with one attached hydrogen (secondary N) is 1. The van der Waals surface area contributed by atoms with Crippen molar-refractivity contribution in [2.24, 2.45) is 28.4 Å². The molecule has 1 aromatic heterocycles. The van der Waals surface area contributed by atoms with E-state index in [4.69, 9.17) is 15.6 Å². The van der Waals surface area contributed by atoms with E-state index in [1.165, 1.54) is 0 Å². The van der Waals surface area contributed by atoms with E-state index in [2.05, 4.69) is 22.0 Å². The van der Waals surface area contributed by atoms with Gasteiger partial charge < -0.3 is 25.7 Å². The zero-order valence-corrected chi connectivity index (χ0v) is 27.1. The second kappa shape index (κ2) is 10.7. The summed E-state index contributed by atoms with van der Waals surface area (Å²) in [5.41, 5.74) is 7.95. The third kappa shape index (κ3) is 4.97. The van der Waals surface area contributed by atoms with Crippen LogP contribution in [0.5, 0.6) is 0 Å². The molecular formula is C33H43N7O5S. The van der Waals surface area contributed by atoms with Crippen molar-refractivity contribution in [3.05, 3.63) is 42.6 Å². The quantitative estimate of drug-likeness (QED) is 0.462. The van der Waals surface area contributed by atoms with Crippen molar-refractivity contribution in [2.45, 2.75) is 63.2 Å². The fourth-order valence-electron chi connectivity index (χ4n) is 9.60. The molecule has 9 rings (SSSR count). The number of aromatic nitrogens is 1. The highest BCUT2D eigenvalue weighted by Gasteiger charge is 2.63. The zero-order chi connectivity index (χ0) is 31.8. The van der Waals surface area contributed by atoms with E-state index in [0.29, 0.717) is 45.2 Å². The van der Waals surface area contributed by atoms with Crippen LogP contribution in [0.1, 0.15) is 51.9 Å². The predicted octanol–water partition coefficient (Wildman–Crippen LogP) is 3.37. The number of sulfonamides is 1. The Hall–Kier alpha value is -3.58. The van der Waals surface area contributed by atoms with E-state index < -0.39 is 21.5 Å². The maximum Gasteiger partial charge on any atom is 0.431 e. The summed E-state index contributed by atoms with van der Waals surface area (Å²) in [6.07, 6.45) is 7.31. The Balaban J connectivity index is 0.922. The topological polar surface area (TPSA) is 141 Å². The SMILES string of the molecule is C[C@]12CC3C[C@H](CC(C(N)=O)(C3)C1)C2NC(=O)ON1CCN(c2ccc(N3CCN(S(=O)(=O)C4CC4)CC3)cn2)c2ccccc21. The van der Waals surface area contributed by atoms with Gasteiger partial charge in [-0.25, -0.2) is 23.3 Å². The minimum absolute atomic E-state index is 0.0474. The third-order valence-corrected chi connectivity index (χ3v) is 14.0. The lowest BCUT2D eigenvalue weighted by molar-refractivity contribution is -0.158. The maximum atomic E-state index is 13.4. The molecule has 3 N–H and O–H groups in total. The van der Waals surface area contributed by atoms with Gasteiger partial charge in [-0.05, 0) is 86.5 Å². The van der Waals surface area contributed by atoms with Gasteiger partial charge in [-0.3, -0.25) is 4.79 Å². The molecule has 2 aromatic rings. The van der Waals surface area contributed by atoms with Crippen LogP contribution in [0.4, 0.5) is 27.7 Å². The Morgan fingerprint density at radius 1 is 0.978 bits per heavy atom. The van der Waals surface area contributed by atoms with Gasteiger partial charge in [0, 0.05) is 38.8 Å². The number of piperazine rings is 1. The average Bonchev–Trinajstić information content (AvgIpc) is 3.90. The Morgan fingerprint density at radius 3 is 2.41 bits per heavy atom. The number of rotatable bonds is 7. The summed E-state index contributed by atoms with van der Waals surface area (Å²) < 4.78 is 26.9. The number of anilines is 4. The molecule has 5 atom stereocenters. The fraction of sp³-hybridized carbons (Fsp3) is 0.606. The van der Waals surface area contributed by atoms with E-state index in [9.17, 15) is 18.0 Å². The number of hydroxylamine groups is 1. The summed E-state index contributed by atoms with van der Waals surface area (Å²) in [7, 11) is -3.15. The number of hydrogen-bond acceptors (Lipinski definition) is 9. The Labute approximate surface area is 270 Å². The Bertz CT molecular complexity index is 1640. The molecule has 2 aliphatic heterocycles. The number of hydrogen-bond donors (Lipinski definition) is 2. The molecule has 6 fully saturated rings. The number of nitrogens with zero attached hydrogens (tertiary/aromatic N) is 5. The Morgan fingerprint density at radius 2 is 1.74 bits per heavy atom. The van der Waals surface area contributed by atoms with Gasteiger partial charge in [0.15, 0.2) is 0 Å². The minimum atomic E-state index is -3.15. The number of primary amides is 1. The zero-order valence-electron chi connectivity index (χ0n) is 26.3. The lowest BCUT2D eigenvalue weighted by Gasteiger charge is -2.63. The van der Waals surface area contributed by atoms with Crippen LogP contribution in [0.2, 0.25) is 0 Å². The second-order valence-electron chi connectivity index (χ2n) is 14.7. The number of carbonyl (C=O) groups excluding carboxylic acids is 2. The van der Waals surface area contributed by atoms with E-state index in [-0.39, 0.29) is 28.5 Å². The minimum Gasteiger partial charge on any atom is -0.369 e. The lowest BCUT2D eigenvalue weighted by Crippen LogP contribution is -2.66. The van der Waals surface area contributed by atoms with Gasteiger partial charge in [-0.2, -0.15) is 4.31 Å². The van der Waals surface area contributed by atoms with Crippen LogP contribution in [-0.2, 0) is 19.7 Å². The van der Waals surface area contributed by atoms with Crippen molar-refractivity contribution in [2.75, 3.05) is 54.1 Å². The molecule has 12 nitrogen and oxygen atoms in total. The van der Waals surface area contributed by atoms with Gasteiger partial charge in [-0.1, -0.05) is 19.1 Å². The number of carbonyl (C=O) groups is 2. The molecule has 3 unspecified atom stereocenters. The molecule has 7 aliphatic rings. The summed E-state index contributed by atoms with van der Waals surface area (Å²) in [5, 5.41) is 4.70. The smallest absolute Gasteiger partial charge is 0.369 e. The van der Waals surface area contributed by atoms with Crippen LogP contribution in [-0.4, -0.2) is 80.3 Å². The highest BCUT2D eigenvalue weighted by atomic mass is 32.2. The molecule has 2 amide bonds. The van der Waals surface area contributed by atoms with Crippen molar-refractivity contribution in [1.29, 1.82) is 0 Å². The Kier molecular flexibility index (Phi) is 6.95. The summed E-state index contributed by atoms with van der Waals surface area (Å²) >= 11 is 0. The van der Waals surface area contributed by atoms with Crippen LogP contribution in [0.3, 0.4) is 0 Å². The number of fused-ring (bicyclic) bond motifs is 1. The van der Waals surface area contributed by atoms with Crippen molar-refractivity contribution in [3.8, 4) is 0 Å². The van der Waals surface area contributed by atoms with E-state index in [1.54, 1.807) is 9.37 Å². The summed E-state index contributed by atoms with van der Waals surface area (Å²) in [6, 6.07) is 11.8. The molecule has 5 aliphatic carbocycles. The van der Waals surface area contributed by atoms with E-state index in [1.807, 2.05) is 42.6 Å². The van der Waals surface area contributed by atoms with Crippen LogP contribution >= 0.6 is 0 Å². The van der Waals surface area contributed by atoms with E-state index in [0.717, 1.165) is 67.8 Å². The van der Waals surface area contributed by atoms with Gasteiger partial charge in [-0.15, -0.1) is 0 Å². The number of pyridine rings is 1. The predicted molar refractivity (Wildman–Crippen MR) is 174 cm³/mol. The molecular weight excluding hydrogens is 606 g/mol. The summed E-state index contributed by atoms with van der Waals surface area (Å²) in [5.74, 6) is 1.32. The van der Waals surface area contributed by atoms with Crippen LogP contribution < -0.4 is 25.9 Å².